The van der Waals surface area contributed by atoms with Crippen molar-refractivity contribution in [2.45, 2.75) is 0 Å². The van der Waals surface area contributed by atoms with Crippen LogP contribution >= 0.6 is 0 Å². The van der Waals surface area contributed by atoms with Crippen molar-refractivity contribution < 1.29 is 4.79 Å². The predicted octanol–water partition coefficient (Wildman–Crippen LogP) is 9.45. The molecule has 7 aromatic rings. The summed E-state index contributed by atoms with van der Waals surface area (Å²) in [5, 5.41) is 9.44. The van der Waals surface area contributed by atoms with Crippen molar-refractivity contribution in [1.82, 2.24) is 0 Å². The van der Waals surface area contributed by atoms with Crippen LogP contribution in [0.15, 0.2) is 127 Å². The predicted molar refractivity (Wildman–Crippen MR) is 153 cm³/mol. The van der Waals surface area contributed by atoms with Crippen molar-refractivity contribution in [3.05, 3.63) is 133 Å². The smallest absolute Gasteiger partial charge is 0.150 e. The van der Waals surface area contributed by atoms with Gasteiger partial charge in [0, 0.05) is 5.56 Å². The van der Waals surface area contributed by atoms with Crippen LogP contribution in [0.3, 0.4) is 0 Å². The molecule has 168 valence electrons. The zero-order chi connectivity index (χ0) is 24.1. The Balaban J connectivity index is 1.64. The summed E-state index contributed by atoms with van der Waals surface area (Å²) in [6.45, 7) is 0. The van der Waals surface area contributed by atoms with E-state index in [1.165, 1.54) is 49.0 Å². The van der Waals surface area contributed by atoms with Gasteiger partial charge in [-0.15, -0.1) is 0 Å². The summed E-state index contributed by atoms with van der Waals surface area (Å²) in [6, 6.07) is 45.0. The fraction of sp³-hybridized carbons (Fsp3) is 0. The Labute approximate surface area is 209 Å². The highest BCUT2D eigenvalue weighted by molar-refractivity contribution is 6.24. The van der Waals surface area contributed by atoms with Crippen molar-refractivity contribution in [2.75, 3.05) is 0 Å². The fourth-order valence-electron chi connectivity index (χ4n) is 5.73. The first kappa shape index (κ1) is 20.6. The second-order valence-electron chi connectivity index (χ2n) is 9.27. The fourth-order valence-corrected chi connectivity index (χ4v) is 5.73. The second kappa shape index (κ2) is 8.18. The summed E-state index contributed by atoms with van der Waals surface area (Å²) in [5.41, 5.74) is 5.54. The molecule has 7 aromatic carbocycles. The maximum Gasteiger partial charge on any atom is 0.150 e. The third kappa shape index (κ3) is 3.07. The molecule has 0 aliphatic carbocycles. The molecule has 0 amide bonds. The summed E-state index contributed by atoms with van der Waals surface area (Å²) >= 11 is 0. The minimum absolute atomic E-state index is 0.718. The lowest BCUT2D eigenvalue weighted by molar-refractivity contribution is 0.112. The largest absolute Gasteiger partial charge is 0.298 e. The highest BCUT2D eigenvalue weighted by Gasteiger charge is 2.18. The maximum absolute atomic E-state index is 11.8. The normalized spacial score (nSPS) is 11.4. The first-order valence-corrected chi connectivity index (χ1v) is 12.2. The van der Waals surface area contributed by atoms with E-state index in [2.05, 4.69) is 109 Å². The summed E-state index contributed by atoms with van der Waals surface area (Å²) in [4.78, 5) is 11.8. The third-order valence-electron chi connectivity index (χ3n) is 7.32. The highest BCUT2D eigenvalue weighted by Crippen LogP contribution is 2.45. The Morgan fingerprint density at radius 2 is 0.972 bits per heavy atom. The summed E-state index contributed by atoms with van der Waals surface area (Å²) in [6.07, 6.45) is 0.950. The Bertz CT molecular complexity index is 1910. The Hall–Kier alpha value is -4.75. The second-order valence-corrected chi connectivity index (χ2v) is 9.27. The number of aldehydes is 1. The van der Waals surface area contributed by atoms with E-state index in [1.54, 1.807) is 0 Å². The number of rotatable bonds is 3. The van der Waals surface area contributed by atoms with Crippen LogP contribution in [0.1, 0.15) is 10.4 Å². The number of fused-ring (bicyclic) bond motifs is 4. The van der Waals surface area contributed by atoms with Crippen LogP contribution in [-0.4, -0.2) is 6.29 Å². The summed E-state index contributed by atoms with van der Waals surface area (Å²) < 4.78 is 0. The molecule has 0 aliphatic heterocycles. The lowest BCUT2D eigenvalue weighted by atomic mass is 9.84. The number of benzene rings is 7. The quantitative estimate of drug-likeness (QED) is 0.190. The molecular formula is C35H22O. The molecule has 0 spiro atoms. The monoisotopic (exact) mass is 458 g/mol. The van der Waals surface area contributed by atoms with Gasteiger partial charge in [-0.25, -0.2) is 0 Å². The first-order valence-electron chi connectivity index (χ1n) is 12.2. The van der Waals surface area contributed by atoms with Gasteiger partial charge in [0.2, 0.25) is 0 Å². The Morgan fingerprint density at radius 1 is 0.417 bits per heavy atom. The molecule has 0 radical (unpaired) electrons. The molecule has 0 heterocycles. The first-order chi connectivity index (χ1) is 17.8. The van der Waals surface area contributed by atoms with E-state index in [-0.39, 0.29) is 0 Å². The van der Waals surface area contributed by atoms with Crippen LogP contribution in [0.25, 0.3) is 65.3 Å². The molecule has 0 aromatic heterocycles. The van der Waals surface area contributed by atoms with E-state index in [9.17, 15) is 4.79 Å². The van der Waals surface area contributed by atoms with Crippen molar-refractivity contribution in [1.29, 1.82) is 0 Å². The maximum atomic E-state index is 11.8. The van der Waals surface area contributed by atoms with Crippen molar-refractivity contribution in [2.24, 2.45) is 0 Å². The van der Waals surface area contributed by atoms with Gasteiger partial charge in [0.25, 0.3) is 0 Å². The van der Waals surface area contributed by atoms with Crippen LogP contribution in [0.5, 0.6) is 0 Å². The average molecular weight is 459 g/mol. The molecule has 0 unspecified atom stereocenters. The van der Waals surface area contributed by atoms with Gasteiger partial charge in [-0.05, 0) is 71.4 Å². The van der Waals surface area contributed by atoms with Crippen LogP contribution < -0.4 is 0 Å². The number of carbonyl (C=O) groups is 1. The molecule has 1 nitrogen and oxygen atoms in total. The van der Waals surface area contributed by atoms with Gasteiger partial charge < -0.3 is 0 Å². The molecule has 0 aliphatic rings. The van der Waals surface area contributed by atoms with Crippen LogP contribution in [0.4, 0.5) is 0 Å². The van der Waals surface area contributed by atoms with Crippen LogP contribution in [0, 0.1) is 0 Å². The molecule has 0 atom stereocenters. The standard InChI is InChI=1S/C35H22O/c36-22-26-11-7-17-28-27(26)16-8-18-29(28)35-32-14-5-3-12-30(32)34(31-13-4-6-15-33(31)35)25-20-19-23-9-1-2-10-24(23)21-25/h1-22H. The number of hydrogen-bond acceptors (Lipinski definition) is 1. The van der Waals surface area contributed by atoms with E-state index in [4.69, 9.17) is 0 Å². The van der Waals surface area contributed by atoms with Crippen LogP contribution in [0.2, 0.25) is 0 Å². The number of carbonyl (C=O) groups excluding carboxylic acids is 1. The highest BCUT2D eigenvalue weighted by atomic mass is 16.1. The minimum Gasteiger partial charge on any atom is -0.298 e. The van der Waals surface area contributed by atoms with Gasteiger partial charge in [0.15, 0.2) is 6.29 Å². The van der Waals surface area contributed by atoms with Gasteiger partial charge in [-0.1, -0.05) is 121 Å². The zero-order valence-electron chi connectivity index (χ0n) is 19.6. The van der Waals surface area contributed by atoms with Gasteiger partial charge in [-0.2, -0.15) is 0 Å². The third-order valence-corrected chi connectivity index (χ3v) is 7.32. The molecule has 1 heteroatoms. The number of hydrogen-bond donors (Lipinski definition) is 0. The minimum atomic E-state index is 0.718. The van der Waals surface area contributed by atoms with Crippen molar-refractivity contribution >= 4 is 49.4 Å². The molecule has 0 saturated heterocycles. The SMILES string of the molecule is O=Cc1cccc2c(-c3c4ccccc4c(-c4ccc5ccccc5c4)c4ccccc34)cccc12. The van der Waals surface area contributed by atoms with E-state index in [1.807, 2.05) is 18.2 Å². The van der Waals surface area contributed by atoms with E-state index in [0.29, 0.717) is 0 Å². The molecule has 0 N–H and O–H groups in total. The molecule has 36 heavy (non-hydrogen) atoms. The molecule has 0 saturated carbocycles. The van der Waals surface area contributed by atoms with Gasteiger partial charge in [0.1, 0.15) is 0 Å². The summed E-state index contributed by atoms with van der Waals surface area (Å²) in [5.74, 6) is 0. The molecule has 0 fully saturated rings. The molecular weight excluding hydrogens is 436 g/mol. The zero-order valence-corrected chi connectivity index (χ0v) is 19.6. The van der Waals surface area contributed by atoms with Gasteiger partial charge in [0.05, 0.1) is 0 Å². The van der Waals surface area contributed by atoms with E-state index in [0.717, 1.165) is 28.2 Å². The van der Waals surface area contributed by atoms with E-state index >= 15 is 0 Å². The average Bonchev–Trinajstić information content (AvgIpc) is 2.95. The van der Waals surface area contributed by atoms with Crippen molar-refractivity contribution in [3.8, 4) is 22.3 Å². The van der Waals surface area contributed by atoms with Gasteiger partial charge >= 0.3 is 0 Å². The Morgan fingerprint density at radius 3 is 1.67 bits per heavy atom. The molecule has 0 bridgehead atoms. The lowest BCUT2D eigenvalue weighted by Gasteiger charge is -2.19. The molecule has 7 rings (SSSR count). The van der Waals surface area contributed by atoms with Crippen molar-refractivity contribution in [3.63, 3.8) is 0 Å². The van der Waals surface area contributed by atoms with E-state index < -0.39 is 0 Å². The Kier molecular flexibility index (Phi) is 4.68. The lowest BCUT2D eigenvalue weighted by Crippen LogP contribution is -1.92. The van der Waals surface area contributed by atoms with Gasteiger partial charge in [-0.3, -0.25) is 4.79 Å². The van der Waals surface area contributed by atoms with Crippen LogP contribution in [-0.2, 0) is 0 Å². The topological polar surface area (TPSA) is 17.1 Å². The summed E-state index contributed by atoms with van der Waals surface area (Å²) in [7, 11) is 0.